The Kier molecular flexibility index (Phi) is 30.2. The van der Waals surface area contributed by atoms with Crippen molar-refractivity contribution in [1.82, 2.24) is 0 Å². The minimum atomic E-state index is -0.859. The third kappa shape index (κ3) is 26.9. The first-order valence-electron chi connectivity index (χ1n) is 20.2. The Morgan fingerprint density at radius 3 is 1.33 bits per heavy atom. The number of allylic oxidation sites excluding steroid dienone is 8. The summed E-state index contributed by atoms with van der Waals surface area (Å²) < 4.78 is 18.6. The second kappa shape index (κ2) is 32.4. The zero-order valence-electron chi connectivity index (χ0n) is 31.3. The highest BCUT2D eigenvalue weighted by molar-refractivity contribution is 4.93. The van der Waals surface area contributed by atoms with Crippen LogP contribution in [-0.2, 0) is 14.2 Å². The van der Waals surface area contributed by atoms with Gasteiger partial charge in [-0.15, -0.1) is 0 Å². The van der Waals surface area contributed by atoms with Crippen molar-refractivity contribution in [2.24, 2.45) is 0 Å². The Labute approximate surface area is 288 Å². The minimum Gasteiger partial charge on any atom is -0.325 e. The molecule has 3 heteroatoms. The predicted octanol–water partition coefficient (Wildman–Crippen LogP) is 14.3. The molecule has 0 N–H and O–H groups in total. The van der Waals surface area contributed by atoms with Gasteiger partial charge in [0.15, 0.2) is 0 Å². The summed E-state index contributed by atoms with van der Waals surface area (Å²) in [6.07, 6.45) is 53.3. The van der Waals surface area contributed by atoms with Crippen molar-refractivity contribution in [3.63, 3.8) is 0 Å². The van der Waals surface area contributed by atoms with Crippen molar-refractivity contribution in [3.05, 3.63) is 48.6 Å². The molecule has 3 nitrogen and oxygen atoms in total. The maximum atomic E-state index is 6.51. The van der Waals surface area contributed by atoms with Gasteiger partial charge in [0.2, 0.25) is 0 Å². The van der Waals surface area contributed by atoms with Crippen molar-refractivity contribution in [3.8, 4) is 0 Å². The zero-order valence-corrected chi connectivity index (χ0v) is 31.3. The van der Waals surface area contributed by atoms with E-state index in [2.05, 4.69) is 69.4 Å². The van der Waals surface area contributed by atoms with Gasteiger partial charge in [0.05, 0.1) is 18.8 Å². The van der Waals surface area contributed by atoms with E-state index in [1.165, 1.54) is 141 Å². The van der Waals surface area contributed by atoms with Gasteiger partial charge in [-0.1, -0.05) is 159 Å². The van der Waals surface area contributed by atoms with Crippen LogP contribution < -0.4 is 0 Å². The molecule has 0 aliphatic carbocycles. The Morgan fingerprint density at radius 2 is 0.935 bits per heavy atom. The summed E-state index contributed by atoms with van der Waals surface area (Å²) in [5, 5.41) is 0. The molecule has 1 fully saturated rings. The fraction of sp³-hybridized carbons (Fsp3) is 0.814. The Bertz CT molecular complexity index is 705. The molecular formula is C43H78O3. The molecule has 1 heterocycles. The van der Waals surface area contributed by atoms with Crippen molar-refractivity contribution >= 4 is 0 Å². The van der Waals surface area contributed by atoms with Crippen molar-refractivity contribution in [2.45, 2.75) is 219 Å². The SMILES string of the molecule is CCCCC/C=C\C/C=C\CCCCCCCCC(CCCCCCCC/C=C\C/C=C\CCCCC)OC1(C)OCC(CC)O1. The lowest BCUT2D eigenvalue weighted by Gasteiger charge is -2.29. The van der Waals surface area contributed by atoms with Crippen molar-refractivity contribution in [1.29, 1.82) is 0 Å². The van der Waals surface area contributed by atoms with E-state index >= 15 is 0 Å². The molecule has 1 aliphatic heterocycles. The molecule has 2 atom stereocenters. The van der Waals surface area contributed by atoms with Crippen molar-refractivity contribution in [2.75, 3.05) is 6.61 Å². The third-order valence-corrected chi connectivity index (χ3v) is 9.20. The largest absolute Gasteiger partial charge is 0.325 e. The summed E-state index contributed by atoms with van der Waals surface area (Å²) in [7, 11) is 0. The van der Waals surface area contributed by atoms with Crippen LogP contribution in [0.3, 0.4) is 0 Å². The summed E-state index contributed by atoms with van der Waals surface area (Å²) in [6.45, 7) is 9.32. The highest BCUT2D eigenvalue weighted by Crippen LogP contribution is 2.30. The maximum absolute atomic E-state index is 6.51. The quantitative estimate of drug-likeness (QED) is 0.0526. The first-order chi connectivity index (χ1) is 22.6. The van der Waals surface area contributed by atoms with E-state index in [1.54, 1.807) is 0 Å². The summed E-state index contributed by atoms with van der Waals surface area (Å²) in [6, 6.07) is 0. The molecule has 0 aromatic heterocycles. The minimum absolute atomic E-state index is 0.161. The van der Waals surface area contributed by atoms with Gasteiger partial charge in [0, 0.05) is 6.92 Å². The zero-order chi connectivity index (χ0) is 33.2. The lowest BCUT2D eigenvalue weighted by molar-refractivity contribution is -0.343. The number of hydrogen-bond acceptors (Lipinski definition) is 3. The predicted molar refractivity (Wildman–Crippen MR) is 202 cm³/mol. The van der Waals surface area contributed by atoms with Gasteiger partial charge in [-0.2, -0.15) is 0 Å². The first kappa shape index (κ1) is 42.9. The standard InChI is InChI=1S/C43H78O3/c1-5-8-10-12-14-16-18-20-22-24-26-28-30-32-34-36-38-42(46-43(4)44-40-41(7-3)45-43)39-37-35-33-31-29-27-25-23-21-19-17-15-13-11-9-6-2/h14-17,20-23,41-42H,5-13,18-19,24-40H2,1-4H3/b16-14-,17-15-,22-20-,23-21-. The van der Waals surface area contributed by atoms with Crippen LogP contribution in [0.1, 0.15) is 201 Å². The molecule has 46 heavy (non-hydrogen) atoms. The highest BCUT2D eigenvalue weighted by atomic mass is 16.9. The number of rotatable bonds is 33. The molecule has 0 saturated carbocycles. The second-order valence-electron chi connectivity index (χ2n) is 13.8. The number of ether oxygens (including phenoxy) is 3. The molecular weight excluding hydrogens is 564 g/mol. The Morgan fingerprint density at radius 1 is 0.543 bits per heavy atom. The van der Waals surface area contributed by atoms with Crippen LogP contribution in [0.5, 0.6) is 0 Å². The molecule has 1 saturated heterocycles. The van der Waals surface area contributed by atoms with E-state index < -0.39 is 5.97 Å². The van der Waals surface area contributed by atoms with Gasteiger partial charge in [-0.25, -0.2) is 0 Å². The molecule has 2 unspecified atom stereocenters. The van der Waals surface area contributed by atoms with E-state index in [4.69, 9.17) is 14.2 Å². The fourth-order valence-corrected chi connectivity index (χ4v) is 6.16. The van der Waals surface area contributed by atoms with E-state index in [0.717, 1.165) is 32.1 Å². The van der Waals surface area contributed by atoms with Crippen LogP contribution in [0.4, 0.5) is 0 Å². The lowest BCUT2D eigenvalue weighted by Crippen LogP contribution is -2.35. The van der Waals surface area contributed by atoms with E-state index in [-0.39, 0.29) is 12.2 Å². The highest BCUT2D eigenvalue weighted by Gasteiger charge is 2.39. The average molecular weight is 643 g/mol. The maximum Gasteiger partial charge on any atom is 0.280 e. The van der Waals surface area contributed by atoms with Gasteiger partial charge >= 0.3 is 0 Å². The molecule has 268 valence electrons. The first-order valence-corrected chi connectivity index (χ1v) is 20.2. The van der Waals surface area contributed by atoms with Gasteiger partial charge in [-0.05, 0) is 83.5 Å². The van der Waals surface area contributed by atoms with Gasteiger partial charge in [0.1, 0.15) is 0 Å². The molecule has 1 aliphatic rings. The van der Waals surface area contributed by atoms with Crippen LogP contribution >= 0.6 is 0 Å². The second-order valence-corrected chi connectivity index (χ2v) is 13.8. The van der Waals surface area contributed by atoms with E-state index in [9.17, 15) is 0 Å². The molecule has 0 radical (unpaired) electrons. The summed E-state index contributed by atoms with van der Waals surface area (Å²) >= 11 is 0. The third-order valence-electron chi connectivity index (χ3n) is 9.20. The monoisotopic (exact) mass is 643 g/mol. The summed E-state index contributed by atoms with van der Waals surface area (Å²) in [4.78, 5) is 0. The fourth-order valence-electron chi connectivity index (χ4n) is 6.16. The average Bonchev–Trinajstić information content (AvgIpc) is 3.44. The van der Waals surface area contributed by atoms with Gasteiger partial charge < -0.3 is 14.2 Å². The van der Waals surface area contributed by atoms with E-state index in [1.807, 2.05) is 6.92 Å². The van der Waals surface area contributed by atoms with Crippen LogP contribution in [0.15, 0.2) is 48.6 Å². The molecule has 0 spiro atoms. The van der Waals surface area contributed by atoms with Gasteiger partial charge in [0.25, 0.3) is 5.97 Å². The Hall–Kier alpha value is -1.16. The van der Waals surface area contributed by atoms with Gasteiger partial charge in [-0.3, -0.25) is 0 Å². The van der Waals surface area contributed by atoms with Crippen molar-refractivity contribution < 1.29 is 14.2 Å². The van der Waals surface area contributed by atoms with Crippen LogP contribution in [0, 0.1) is 0 Å². The Balaban J connectivity index is 2.15. The number of hydrogen-bond donors (Lipinski definition) is 0. The summed E-state index contributed by atoms with van der Waals surface area (Å²) in [5.41, 5.74) is 0. The molecule has 0 aromatic carbocycles. The molecule has 0 amide bonds. The lowest BCUT2D eigenvalue weighted by atomic mass is 10.0. The van der Waals surface area contributed by atoms with Crippen LogP contribution in [0.2, 0.25) is 0 Å². The smallest absolute Gasteiger partial charge is 0.280 e. The normalized spacial score (nSPS) is 19.0. The topological polar surface area (TPSA) is 27.7 Å². The van der Waals surface area contributed by atoms with E-state index in [0.29, 0.717) is 6.61 Å². The molecule has 0 bridgehead atoms. The molecule has 1 rings (SSSR count). The summed E-state index contributed by atoms with van der Waals surface area (Å²) in [5.74, 6) is -0.859. The number of unbranched alkanes of at least 4 members (excludes halogenated alkanes) is 18. The van der Waals surface area contributed by atoms with Crippen LogP contribution in [-0.4, -0.2) is 24.8 Å². The van der Waals surface area contributed by atoms with Crippen LogP contribution in [0.25, 0.3) is 0 Å². The molecule has 0 aromatic rings.